The first-order valence-electron chi connectivity index (χ1n) is 5.44. The van der Waals surface area contributed by atoms with Crippen LogP contribution in [0.1, 0.15) is 56.2 Å². The molecule has 3 heteroatoms. The van der Waals surface area contributed by atoms with Gasteiger partial charge < -0.3 is 9.73 Å². The lowest BCUT2D eigenvalue weighted by Crippen LogP contribution is -2.12. The highest BCUT2D eigenvalue weighted by Crippen LogP contribution is 2.33. The number of hydrogen-bond acceptors (Lipinski definition) is 3. The smallest absolute Gasteiger partial charge is 0.197 e. The van der Waals surface area contributed by atoms with Gasteiger partial charge in [-0.1, -0.05) is 12.8 Å². The first kappa shape index (κ1) is 9.71. The average Bonchev–Trinajstić information content (AvgIpc) is 2.86. The van der Waals surface area contributed by atoms with Crippen molar-refractivity contribution in [3.63, 3.8) is 0 Å². The van der Waals surface area contributed by atoms with Crippen LogP contribution in [0.25, 0.3) is 0 Å². The van der Waals surface area contributed by atoms with E-state index < -0.39 is 0 Å². The molecule has 0 radical (unpaired) electrons. The van der Waals surface area contributed by atoms with Crippen LogP contribution in [0.3, 0.4) is 0 Å². The average molecular weight is 194 g/mol. The van der Waals surface area contributed by atoms with E-state index in [1.165, 1.54) is 25.7 Å². The SMILES string of the molecule is CNC(C)c1coc(C2CCCC2)n1. The molecule has 1 heterocycles. The summed E-state index contributed by atoms with van der Waals surface area (Å²) >= 11 is 0. The monoisotopic (exact) mass is 194 g/mol. The van der Waals surface area contributed by atoms with Gasteiger partial charge >= 0.3 is 0 Å². The third-order valence-corrected chi connectivity index (χ3v) is 3.12. The maximum absolute atomic E-state index is 5.52. The molecule has 0 amide bonds. The van der Waals surface area contributed by atoms with Gasteiger partial charge in [-0.05, 0) is 26.8 Å². The van der Waals surface area contributed by atoms with Crippen LogP contribution in [0, 0.1) is 0 Å². The molecule has 3 nitrogen and oxygen atoms in total. The van der Waals surface area contributed by atoms with E-state index in [4.69, 9.17) is 4.42 Å². The molecule has 1 N–H and O–H groups in total. The van der Waals surface area contributed by atoms with Gasteiger partial charge in [0, 0.05) is 12.0 Å². The maximum atomic E-state index is 5.52. The molecular formula is C11H18N2O. The van der Waals surface area contributed by atoms with Gasteiger partial charge in [0.2, 0.25) is 0 Å². The van der Waals surface area contributed by atoms with Crippen LogP contribution in [-0.4, -0.2) is 12.0 Å². The third-order valence-electron chi connectivity index (χ3n) is 3.12. The van der Waals surface area contributed by atoms with Crippen LogP contribution in [0.15, 0.2) is 10.7 Å². The van der Waals surface area contributed by atoms with Crippen LogP contribution in [0.2, 0.25) is 0 Å². The molecule has 1 aliphatic carbocycles. The topological polar surface area (TPSA) is 38.1 Å². The number of hydrogen-bond donors (Lipinski definition) is 1. The van der Waals surface area contributed by atoms with Crippen molar-refractivity contribution < 1.29 is 4.42 Å². The Bertz CT molecular complexity index is 289. The molecule has 0 saturated heterocycles. The Morgan fingerprint density at radius 3 is 2.86 bits per heavy atom. The quantitative estimate of drug-likeness (QED) is 0.803. The standard InChI is InChI=1S/C11H18N2O/c1-8(12-2)10-7-14-11(13-10)9-5-3-4-6-9/h7-9,12H,3-6H2,1-2H3. The number of oxazole rings is 1. The Morgan fingerprint density at radius 1 is 1.50 bits per heavy atom. The fraction of sp³-hybridized carbons (Fsp3) is 0.727. The van der Waals surface area contributed by atoms with E-state index in [9.17, 15) is 0 Å². The molecule has 14 heavy (non-hydrogen) atoms. The van der Waals surface area contributed by atoms with Gasteiger partial charge in [-0.15, -0.1) is 0 Å². The zero-order valence-electron chi connectivity index (χ0n) is 8.92. The minimum atomic E-state index is 0.286. The summed E-state index contributed by atoms with van der Waals surface area (Å²) in [6, 6.07) is 0.286. The zero-order valence-corrected chi connectivity index (χ0v) is 8.92. The summed E-state index contributed by atoms with van der Waals surface area (Å²) in [6.07, 6.45) is 6.92. The molecule has 1 unspecified atom stereocenters. The van der Waals surface area contributed by atoms with E-state index >= 15 is 0 Å². The fourth-order valence-electron chi connectivity index (χ4n) is 2.01. The maximum Gasteiger partial charge on any atom is 0.197 e. The van der Waals surface area contributed by atoms with E-state index in [1.54, 1.807) is 6.26 Å². The Labute approximate surface area is 84.9 Å². The molecule has 1 saturated carbocycles. The highest BCUT2D eigenvalue weighted by Gasteiger charge is 2.22. The zero-order chi connectivity index (χ0) is 9.97. The normalized spacial score (nSPS) is 20.1. The summed E-state index contributed by atoms with van der Waals surface area (Å²) in [5.41, 5.74) is 1.02. The summed E-state index contributed by atoms with van der Waals surface area (Å²) in [6.45, 7) is 2.09. The van der Waals surface area contributed by atoms with Gasteiger partial charge in [0.25, 0.3) is 0 Å². The van der Waals surface area contributed by atoms with E-state index in [1.807, 2.05) is 7.05 Å². The van der Waals surface area contributed by atoms with Gasteiger partial charge in [0.1, 0.15) is 6.26 Å². The lowest BCUT2D eigenvalue weighted by atomic mass is 10.1. The van der Waals surface area contributed by atoms with Crippen LogP contribution in [-0.2, 0) is 0 Å². The number of aromatic nitrogens is 1. The van der Waals surface area contributed by atoms with Crippen LogP contribution in [0.5, 0.6) is 0 Å². The summed E-state index contributed by atoms with van der Waals surface area (Å²) in [5.74, 6) is 1.52. The largest absolute Gasteiger partial charge is 0.448 e. The highest BCUT2D eigenvalue weighted by molar-refractivity contribution is 5.05. The van der Waals surface area contributed by atoms with Crippen molar-refractivity contribution in [1.29, 1.82) is 0 Å². The second kappa shape index (κ2) is 4.13. The van der Waals surface area contributed by atoms with Crippen molar-refractivity contribution in [2.24, 2.45) is 0 Å². The number of nitrogens with zero attached hydrogens (tertiary/aromatic N) is 1. The first-order chi connectivity index (χ1) is 6.81. The second-order valence-corrected chi connectivity index (χ2v) is 4.10. The molecule has 1 aromatic heterocycles. The minimum absolute atomic E-state index is 0.286. The molecule has 1 aliphatic rings. The molecule has 0 aliphatic heterocycles. The second-order valence-electron chi connectivity index (χ2n) is 4.10. The summed E-state index contributed by atoms with van der Waals surface area (Å²) in [4.78, 5) is 4.53. The molecule has 0 aromatic carbocycles. The minimum Gasteiger partial charge on any atom is -0.448 e. The van der Waals surface area contributed by atoms with Crippen molar-refractivity contribution in [3.05, 3.63) is 17.8 Å². The predicted molar refractivity (Wildman–Crippen MR) is 55.2 cm³/mol. The summed E-state index contributed by atoms with van der Waals surface area (Å²) in [7, 11) is 1.94. The molecule has 0 bridgehead atoms. The van der Waals surface area contributed by atoms with Crippen LogP contribution >= 0.6 is 0 Å². The molecule has 0 spiro atoms. The van der Waals surface area contributed by atoms with Crippen molar-refractivity contribution in [3.8, 4) is 0 Å². The molecule has 2 rings (SSSR count). The van der Waals surface area contributed by atoms with E-state index in [0.717, 1.165) is 11.6 Å². The van der Waals surface area contributed by atoms with E-state index in [-0.39, 0.29) is 6.04 Å². The van der Waals surface area contributed by atoms with Gasteiger partial charge in [-0.2, -0.15) is 0 Å². The lowest BCUT2D eigenvalue weighted by molar-refractivity contribution is 0.448. The van der Waals surface area contributed by atoms with Gasteiger partial charge in [-0.25, -0.2) is 4.98 Å². The molecule has 78 valence electrons. The number of rotatable bonds is 3. The molecule has 1 atom stereocenters. The Balaban J connectivity index is 2.08. The van der Waals surface area contributed by atoms with Crippen LogP contribution in [0.4, 0.5) is 0 Å². The van der Waals surface area contributed by atoms with Gasteiger partial charge in [0.05, 0.1) is 5.69 Å². The van der Waals surface area contributed by atoms with Gasteiger partial charge in [-0.3, -0.25) is 0 Å². The summed E-state index contributed by atoms with van der Waals surface area (Å²) in [5, 5.41) is 3.16. The van der Waals surface area contributed by atoms with Gasteiger partial charge in [0.15, 0.2) is 5.89 Å². The van der Waals surface area contributed by atoms with Crippen molar-refractivity contribution in [2.75, 3.05) is 7.05 Å². The van der Waals surface area contributed by atoms with Crippen molar-refractivity contribution >= 4 is 0 Å². The lowest BCUT2D eigenvalue weighted by Gasteiger charge is -2.04. The van der Waals surface area contributed by atoms with E-state index in [2.05, 4.69) is 17.2 Å². The number of nitrogens with one attached hydrogen (secondary N) is 1. The molecule has 1 aromatic rings. The fourth-order valence-corrected chi connectivity index (χ4v) is 2.01. The Hall–Kier alpha value is -0.830. The van der Waals surface area contributed by atoms with Crippen molar-refractivity contribution in [2.45, 2.75) is 44.6 Å². The predicted octanol–water partition coefficient (Wildman–Crippen LogP) is 2.61. The van der Waals surface area contributed by atoms with E-state index in [0.29, 0.717) is 5.92 Å². The highest BCUT2D eigenvalue weighted by atomic mass is 16.3. The van der Waals surface area contributed by atoms with Crippen molar-refractivity contribution in [1.82, 2.24) is 10.3 Å². The van der Waals surface area contributed by atoms with Crippen LogP contribution < -0.4 is 5.32 Å². The Morgan fingerprint density at radius 2 is 2.21 bits per heavy atom. The summed E-state index contributed by atoms with van der Waals surface area (Å²) < 4.78 is 5.52. The third kappa shape index (κ3) is 1.82. The first-order valence-corrected chi connectivity index (χ1v) is 5.44. The Kier molecular flexibility index (Phi) is 2.87. The molecule has 1 fully saturated rings. The molecular weight excluding hydrogens is 176 g/mol.